The lowest BCUT2D eigenvalue weighted by molar-refractivity contribution is 0.0227. The first-order valence-corrected chi connectivity index (χ1v) is 8.34. The normalized spacial score (nSPS) is 28.9. The van der Waals surface area contributed by atoms with E-state index >= 15 is 0 Å². The third kappa shape index (κ3) is 3.35. The number of carbonyl (C=O) groups excluding carboxylic acids is 1. The lowest BCUT2D eigenvalue weighted by Gasteiger charge is -2.48. The van der Waals surface area contributed by atoms with E-state index in [2.05, 4.69) is 16.1 Å². The minimum atomic E-state index is 0.00597. The Morgan fingerprint density at radius 3 is 2.70 bits per heavy atom. The van der Waals surface area contributed by atoms with Gasteiger partial charge in [0.15, 0.2) is 0 Å². The van der Waals surface area contributed by atoms with Crippen molar-refractivity contribution in [2.75, 3.05) is 38.6 Å². The van der Waals surface area contributed by atoms with E-state index in [1.54, 1.807) is 0 Å². The summed E-state index contributed by atoms with van der Waals surface area (Å²) < 4.78 is 0. The van der Waals surface area contributed by atoms with Crippen molar-refractivity contribution < 1.29 is 4.79 Å². The number of hydrogen-bond donors (Lipinski definition) is 1. The van der Waals surface area contributed by atoms with Gasteiger partial charge in [-0.1, -0.05) is 0 Å². The zero-order valence-corrected chi connectivity index (χ0v) is 14.0. The molecule has 0 aromatic heterocycles. The third-order valence-electron chi connectivity index (χ3n) is 5.24. The van der Waals surface area contributed by atoms with Gasteiger partial charge in [-0.3, -0.25) is 9.69 Å². The molecule has 2 bridgehead atoms. The number of carbonyl (C=O) groups is 1. The van der Waals surface area contributed by atoms with Crippen LogP contribution in [0.1, 0.15) is 23.2 Å². The van der Waals surface area contributed by atoms with E-state index in [4.69, 9.17) is 6.42 Å². The van der Waals surface area contributed by atoms with Gasteiger partial charge in [-0.15, -0.1) is 12.3 Å². The van der Waals surface area contributed by atoms with Crippen LogP contribution in [-0.2, 0) is 0 Å². The fraction of sp³-hybridized carbons (Fsp3) is 0.526. The second kappa shape index (κ2) is 6.64. The number of rotatable bonds is 4. The molecule has 23 heavy (non-hydrogen) atoms. The summed E-state index contributed by atoms with van der Waals surface area (Å²) in [4.78, 5) is 16.8. The van der Waals surface area contributed by atoms with Crippen molar-refractivity contribution in [3.05, 3.63) is 29.8 Å². The van der Waals surface area contributed by atoms with Gasteiger partial charge in [0, 0.05) is 50.4 Å². The lowest BCUT2D eigenvalue weighted by atomic mass is 9.76. The summed E-state index contributed by atoms with van der Waals surface area (Å²) >= 11 is 0. The number of amides is 1. The molecule has 4 nitrogen and oxygen atoms in total. The minimum Gasteiger partial charge on any atom is -0.378 e. The monoisotopic (exact) mass is 311 g/mol. The molecule has 3 aliphatic heterocycles. The standard InChI is InChI=1S/C19H25N3O/c1-4-14-13-22-10-9-16(14)11-18(22)12-20-19(23)15-5-7-17(8-6-15)21(2)3/h1,5-8,14,16,18H,9-13H2,2-3H3,(H,20,23). The van der Waals surface area contributed by atoms with Crippen LogP contribution in [-0.4, -0.2) is 50.6 Å². The number of terminal acetylenes is 1. The first kappa shape index (κ1) is 15.9. The van der Waals surface area contributed by atoms with Gasteiger partial charge in [-0.05, 0) is 49.6 Å². The van der Waals surface area contributed by atoms with Crippen LogP contribution in [0.15, 0.2) is 24.3 Å². The van der Waals surface area contributed by atoms with Gasteiger partial charge >= 0.3 is 0 Å². The van der Waals surface area contributed by atoms with Crippen LogP contribution in [0.4, 0.5) is 5.69 Å². The fourth-order valence-electron chi connectivity index (χ4n) is 3.76. The quantitative estimate of drug-likeness (QED) is 0.862. The number of hydrogen-bond acceptors (Lipinski definition) is 3. The summed E-state index contributed by atoms with van der Waals surface area (Å²) in [6.45, 7) is 2.81. The van der Waals surface area contributed by atoms with E-state index in [-0.39, 0.29) is 5.91 Å². The molecule has 0 spiro atoms. The van der Waals surface area contributed by atoms with Crippen LogP contribution >= 0.6 is 0 Å². The minimum absolute atomic E-state index is 0.00597. The highest BCUT2D eigenvalue weighted by atomic mass is 16.1. The van der Waals surface area contributed by atoms with Gasteiger partial charge in [0.25, 0.3) is 5.91 Å². The largest absolute Gasteiger partial charge is 0.378 e. The molecule has 4 atom stereocenters. The zero-order chi connectivity index (χ0) is 16.4. The first-order valence-electron chi connectivity index (χ1n) is 8.34. The van der Waals surface area contributed by atoms with Gasteiger partial charge in [-0.25, -0.2) is 0 Å². The van der Waals surface area contributed by atoms with Gasteiger partial charge in [-0.2, -0.15) is 0 Å². The Bertz CT molecular complexity index is 602. The van der Waals surface area contributed by atoms with Crippen molar-refractivity contribution >= 4 is 11.6 Å². The summed E-state index contributed by atoms with van der Waals surface area (Å²) in [7, 11) is 3.98. The highest BCUT2D eigenvalue weighted by Crippen LogP contribution is 2.35. The van der Waals surface area contributed by atoms with E-state index in [9.17, 15) is 4.79 Å². The Balaban J connectivity index is 1.55. The predicted molar refractivity (Wildman–Crippen MR) is 93.5 cm³/mol. The summed E-state index contributed by atoms with van der Waals surface area (Å²) in [6, 6.07) is 8.14. The maximum absolute atomic E-state index is 12.3. The molecule has 122 valence electrons. The van der Waals surface area contributed by atoms with Crippen LogP contribution in [0.2, 0.25) is 0 Å². The summed E-state index contributed by atoms with van der Waals surface area (Å²) in [5.41, 5.74) is 1.81. The highest BCUT2D eigenvalue weighted by Gasteiger charge is 2.39. The molecule has 1 N–H and O–H groups in total. The lowest BCUT2D eigenvalue weighted by Crippen LogP contribution is -2.56. The number of anilines is 1. The molecular formula is C19H25N3O. The van der Waals surface area contributed by atoms with Gasteiger partial charge in [0.05, 0.1) is 0 Å². The average molecular weight is 311 g/mol. The number of piperidine rings is 3. The number of fused-ring (bicyclic) bond motifs is 3. The Labute approximate surface area is 138 Å². The Morgan fingerprint density at radius 2 is 2.13 bits per heavy atom. The summed E-state index contributed by atoms with van der Waals surface area (Å²) in [5.74, 6) is 3.96. The molecular weight excluding hydrogens is 286 g/mol. The molecule has 3 heterocycles. The van der Waals surface area contributed by atoms with Crippen molar-refractivity contribution in [3.63, 3.8) is 0 Å². The van der Waals surface area contributed by atoms with E-state index in [1.807, 2.05) is 43.3 Å². The van der Waals surface area contributed by atoms with Gasteiger partial charge in [0.2, 0.25) is 0 Å². The second-order valence-electron chi connectivity index (χ2n) is 6.86. The molecule has 1 amide bonds. The zero-order valence-electron chi connectivity index (χ0n) is 14.0. The molecule has 1 aromatic rings. The molecule has 4 heteroatoms. The second-order valence-corrected chi connectivity index (χ2v) is 6.86. The van der Waals surface area contributed by atoms with E-state index in [0.29, 0.717) is 30.0 Å². The fourth-order valence-corrected chi connectivity index (χ4v) is 3.76. The topological polar surface area (TPSA) is 35.6 Å². The molecule has 0 aliphatic carbocycles. The Hall–Kier alpha value is -1.99. The maximum atomic E-state index is 12.3. The number of nitrogens with zero attached hydrogens (tertiary/aromatic N) is 2. The smallest absolute Gasteiger partial charge is 0.251 e. The van der Waals surface area contributed by atoms with Crippen LogP contribution in [0.3, 0.4) is 0 Å². The maximum Gasteiger partial charge on any atom is 0.251 e. The van der Waals surface area contributed by atoms with E-state index in [0.717, 1.165) is 25.2 Å². The molecule has 3 aliphatic rings. The molecule has 4 unspecified atom stereocenters. The first-order chi connectivity index (χ1) is 11.1. The van der Waals surface area contributed by atoms with Crippen LogP contribution in [0.25, 0.3) is 0 Å². The van der Waals surface area contributed by atoms with Crippen LogP contribution in [0.5, 0.6) is 0 Å². The highest BCUT2D eigenvalue weighted by molar-refractivity contribution is 5.94. The SMILES string of the molecule is C#CC1CN2CCC1CC2CNC(=O)c1ccc(N(C)C)cc1. The molecule has 4 rings (SSSR count). The van der Waals surface area contributed by atoms with Crippen molar-refractivity contribution in [2.24, 2.45) is 11.8 Å². The number of nitrogens with one attached hydrogen (secondary N) is 1. The molecule has 0 saturated carbocycles. The van der Waals surface area contributed by atoms with E-state index < -0.39 is 0 Å². The average Bonchev–Trinajstić information content (AvgIpc) is 2.60. The van der Waals surface area contributed by atoms with Crippen molar-refractivity contribution in [3.8, 4) is 12.3 Å². The van der Waals surface area contributed by atoms with Crippen LogP contribution < -0.4 is 10.2 Å². The molecule has 3 fully saturated rings. The number of benzene rings is 1. The summed E-state index contributed by atoms with van der Waals surface area (Å²) in [5, 5.41) is 3.09. The van der Waals surface area contributed by atoms with E-state index in [1.165, 1.54) is 6.42 Å². The van der Waals surface area contributed by atoms with Crippen molar-refractivity contribution in [1.29, 1.82) is 0 Å². The Kier molecular flexibility index (Phi) is 4.58. The predicted octanol–water partition coefficient (Wildman–Crippen LogP) is 1.83. The third-order valence-corrected chi connectivity index (χ3v) is 5.24. The molecule has 0 radical (unpaired) electrons. The molecule has 3 saturated heterocycles. The Morgan fingerprint density at radius 1 is 1.39 bits per heavy atom. The van der Waals surface area contributed by atoms with Crippen LogP contribution in [0, 0.1) is 24.2 Å². The summed E-state index contributed by atoms with van der Waals surface area (Å²) in [6.07, 6.45) is 7.92. The van der Waals surface area contributed by atoms with Crippen molar-refractivity contribution in [2.45, 2.75) is 18.9 Å². The van der Waals surface area contributed by atoms with Crippen molar-refractivity contribution in [1.82, 2.24) is 10.2 Å². The van der Waals surface area contributed by atoms with Gasteiger partial charge in [0.1, 0.15) is 0 Å². The van der Waals surface area contributed by atoms with Gasteiger partial charge < -0.3 is 10.2 Å². The molecule has 1 aromatic carbocycles.